The molecule has 0 fully saturated rings. The van der Waals surface area contributed by atoms with Crippen molar-refractivity contribution in [2.45, 2.75) is 58.7 Å². The van der Waals surface area contributed by atoms with Crippen LogP contribution in [0.5, 0.6) is 0 Å². The highest BCUT2D eigenvalue weighted by atomic mass is 16.6. The zero-order valence-electron chi connectivity index (χ0n) is 15.4. The number of aromatic nitrogens is 1. The number of carboxylic acid groups (broad SMARTS) is 1. The van der Waals surface area contributed by atoms with Gasteiger partial charge in [-0.15, -0.1) is 0 Å². The first-order valence-corrected chi connectivity index (χ1v) is 8.39. The molecule has 0 radical (unpaired) electrons. The Balaban J connectivity index is 2.27. The molecule has 0 aliphatic rings. The summed E-state index contributed by atoms with van der Waals surface area (Å²) in [4.78, 5) is 23.5. The Kier molecular flexibility index (Phi) is 5.40. The van der Waals surface area contributed by atoms with Crippen molar-refractivity contribution in [1.82, 2.24) is 9.88 Å². The number of carbonyl (C=O) groups is 2. The number of carboxylic acids is 1. The van der Waals surface area contributed by atoms with Crippen LogP contribution in [0.1, 0.15) is 46.2 Å². The van der Waals surface area contributed by atoms with Crippen molar-refractivity contribution < 1.29 is 19.4 Å². The molecule has 2 rings (SSSR count). The van der Waals surface area contributed by atoms with Gasteiger partial charge in [0.2, 0.25) is 0 Å². The van der Waals surface area contributed by atoms with Crippen LogP contribution < -0.4 is 5.32 Å². The summed E-state index contributed by atoms with van der Waals surface area (Å²) in [6, 6.07) is 7.06. The van der Waals surface area contributed by atoms with Gasteiger partial charge in [0.15, 0.2) is 0 Å². The summed E-state index contributed by atoms with van der Waals surface area (Å²) >= 11 is 0. The second-order valence-corrected chi connectivity index (χ2v) is 7.41. The zero-order chi connectivity index (χ0) is 18.8. The van der Waals surface area contributed by atoms with E-state index in [1.807, 2.05) is 30.5 Å². The van der Waals surface area contributed by atoms with E-state index in [-0.39, 0.29) is 12.5 Å². The van der Waals surface area contributed by atoms with Crippen LogP contribution in [0.15, 0.2) is 30.5 Å². The number of carbonyl (C=O) groups excluding carboxylic acids is 1. The Bertz CT molecular complexity index is 771. The van der Waals surface area contributed by atoms with E-state index < -0.39 is 23.7 Å². The minimum Gasteiger partial charge on any atom is -0.480 e. The largest absolute Gasteiger partial charge is 0.480 e. The monoisotopic (exact) mass is 346 g/mol. The second kappa shape index (κ2) is 7.17. The molecule has 1 atom stereocenters. The highest BCUT2D eigenvalue weighted by molar-refractivity contribution is 5.86. The Labute approximate surface area is 147 Å². The first-order chi connectivity index (χ1) is 11.6. The third-order valence-corrected chi connectivity index (χ3v) is 3.79. The Morgan fingerprint density at radius 1 is 1.24 bits per heavy atom. The van der Waals surface area contributed by atoms with Crippen LogP contribution in [0.3, 0.4) is 0 Å². The summed E-state index contributed by atoms with van der Waals surface area (Å²) in [6.45, 7) is 9.35. The molecule has 0 aliphatic carbocycles. The number of amides is 1. The molecule has 0 unspecified atom stereocenters. The van der Waals surface area contributed by atoms with Crippen molar-refractivity contribution in [2.75, 3.05) is 0 Å². The van der Waals surface area contributed by atoms with Gasteiger partial charge in [0.25, 0.3) is 0 Å². The molecule has 0 saturated carbocycles. The average molecular weight is 346 g/mol. The number of hydrogen-bond acceptors (Lipinski definition) is 3. The standard InChI is InChI=1S/C19H26N2O4/c1-12(2)21-11-13(14-8-6-7-9-16(14)21)10-15(17(22)23)20-18(24)25-19(3,4)5/h6-9,11-12,15H,10H2,1-5H3,(H,20,24)(H,22,23)/t15-/m0/s1. The van der Waals surface area contributed by atoms with Crippen molar-refractivity contribution in [1.29, 1.82) is 0 Å². The van der Waals surface area contributed by atoms with Crippen molar-refractivity contribution >= 4 is 23.0 Å². The summed E-state index contributed by atoms with van der Waals surface area (Å²) in [5.74, 6) is -1.09. The minimum atomic E-state index is -1.09. The third-order valence-electron chi connectivity index (χ3n) is 3.79. The average Bonchev–Trinajstić information content (AvgIpc) is 2.84. The van der Waals surface area contributed by atoms with E-state index in [9.17, 15) is 14.7 Å². The molecule has 6 nitrogen and oxygen atoms in total. The molecule has 0 spiro atoms. The number of ether oxygens (including phenoxy) is 1. The highest BCUT2D eigenvalue weighted by Crippen LogP contribution is 2.25. The molecule has 2 N–H and O–H groups in total. The van der Waals surface area contributed by atoms with Crippen LogP contribution in [0.25, 0.3) is 10.9 Å². The van der Waals surface area contributed by atoms with Crippen molar-refractivity contribution in [3.8, 4) is 0 Å². The van der Waals surface area contributed by atoms with Crippen LogP contribution in [0.2, 0.25) is 0 Å². The normalized spacial score (nSPS) is 13.0. The van der Waals surface area contributed by atoms with Gasteiger partial charge < -0.3 is 19.7 Å². The van der Waals surface area contributed by atoms with Gasteiger partial charge in [-0.3, -0.25) is 0 Å². The quantitative estimate of drug-likeness (QED) is 0.864. The van der Waals surface area contributed by atoms with E-state index in [1.54, 1.807) is 20.8 Å². The van der Waals surface area contributed by atoms with Gasteiger partial charge in [0.05, 0.1) is 0 Å². The van der Waals surface area contributed by atoms with Gasteiger partial charge in [-0.05, 0) is 46.2 Å². The lowest BCUT2D eigenvalue weighted by Crippen LogP contribution is -2.44. The molecule has 1 aromatic heterocycles. The maximum atomic E-state index is 11.9. The number of nitrogens with zero attached hydrogens (tertiary/aromatic N) is 1. The smallest absolute Gasteiger partial charge is 0.408 e. The van der Waals surface area contributed by atoms with E-state index in [1.165, 1.54) is 0 Å². The number of alkyl carbamates (subject to hydrolysis) is 1. The molecule has 136 valence electrons. The first kappa shape index (κ1) is 18.8. The Hall–Kier alpha value is -2.50. The van der Waals surface area contributed by atoms with E-state index in [0.717, 1.165) is 16.5 Å². The van der Waals surface area contributed by atoms with Crippen LogP contribution in [-0.2, 0) is 16.0 Å². The van der Waals surface area contributed by atoms with Crippen molar-refractivity contribution in [3.05, 3.63) is 36.0 Å². The number of nitrogens with one attached hydrogen (secondary N) is 1. The van der Waals surface area contributed by atoms with Crippen LogP contribution in [-0.4, -0.2) is 33.4 Å². The Morgan fingerprint density at radius 2 is 1.88 bits per heavy atom. The predicted molar refractivity (Wildman–Crippen MR) is 96.8 cm³/mol. The summed E-state index contributed by atoms with van der Waals surface area (Å²) in [5.41, 5.74) is 1.25. The predicted octanol–water partition coefficient (Wildman–Crippen LogP) is 3.74. The molecule has 0 saturated heterocycles. The lowest BCUT2D eigenvalue weighted by Gasteiger charge is -2.22. The van der Waals surface area contributed by atoms with Gasteiger partial charge in [-0.2, -0.15) is 0 Å². The summed E-state index contributed by atoms with van der Waals surface area (Å²) in [5, 5.41) is 12.9. The number of rotatable bonds is 5. The summed E-state index contributed by atoms with van der Waals surface area (Å²) in [6.07, 6.45) is 1.42. The second-order valence-electron chi connectivity index (χ2n) is 7.41. The maximum Gasteiger partial charge on any atom is 0.408 e. The molecule has 1 aromatic carbocycles. The fraction of sp³-hybridized carbons (Fsp3) is 0.474. The molecule has 0 bridgehead atoms. The minimum absolute atomic E-state index is 0.189. The number of benzene rings is 1. The molecule has 1 amide bonds. The molecular formula is C19H26N2O4. The molecule has 2 aromatic rings. The zero-order valence-corrected chi connectivity index (χ0v) is 15.4. The molecule has 0 aliphatic heterocycles. The topological polar surface area (TPSA) is 80.6 Å². The first-order valence-electron chi connectivity index (χ1n) is 8.39. The SMILES string of the molecule is CC(C)n1cc(C[C@H](NC(=O)OC(C)(C)C)C(=O)O)c2ccccc21. The lowest BCUT2D eigenvalue weighted by atomic mass is 10.1. The third kappa shape index (κ3) is 4.75. The van der Waals surface area contributed by atoms with Crippen molar-refractivity contribution in [3.63, 3.8) is 0 Å². The van der Waals surface area contributed by atoms with Gasteiger partial charge in [-0.1, -0.05) is 18.2 Å². The van der Waals surface area contributed by atoms with E-state index in [0.29, 0.717) is 0 Å². The number of para-hydroxylation sites is 1. The Morgan fingerprint density at radius 3 is 2.44 bits per heavy atom. The van der Waals surface area contributed by atoms with E-state index in [2.05, 4.69) is 23.7 Å². The summed E-state index contributed by atoms with van der Waals surface area (Å²) < 4.78 is 7.28. The maximum absolute atomic E-state index is 11.9. The molecule has 6 heteroatoms. The van der Waals surface area contributed by atoms with Gasteiger partial charge in [-0.25, -0.2) is 9.59 Å². The van der Waals surface area contributed by atoms with Gasteiger partial charge >= 0.3 is 12.1 Å². The molecular weight excluding hydrogens is 320 g/mol. The van der Waals surface area contributed by atoms with Crippen molar-refractivity contribution in [2.24, 2.45) is 0 Å². The van der Waals surface area contributed by atoms with Gasteiger partial charge in [0, 0.05) is 29.6 Å². The van der Waals surface area contributed by atoms with Gasteiger partial charge in [0.1, 0.15) is 11.6 Å². The summed E-state index contributed by atoms with van der Waals surface area (Å²) in [7, 11) is 0. The lowest BCUT2D eigenvalue weighted by molar-refractivity contribution is -0.139. The fourth-order valence-electron chi connectivity index (χ4n) is 2.74. The van der Waals surface area contributed by atoms with Crippen LogP contribution in [0, 0.1) is 0 Å². The fourth-order valence-corrected chi connectivity index (χ4v) is 2.74. The van der Waals surface area contributed by atoms with Crippen LogP contribution in [0.4, 0.5) is 4.79 Å². The molecule has 25 heavy (non-hydrogen) atoms. The van der Waals surface area contributed by atoms with E-state index >= 15 is 0 Å². The number of aliphatic carboxylic acids is 1. The number of fused-ring (bicyclic) bond motifs is 1. The molecule has 1 heterocycles. The highest BCUT2D eigenvalue weighted by Gasteiger charge is 2.25. The van der Waals surface area contributed by atoms with Crippen LogP contribution >= 0.6 is 0 Å². The number of hydrogen-bond donors (Lipinski definition) is 2. The van der Waals surface area contributed by atoms with E-state index in [4.69, 9.17) is 4.74 Å².